The molecule has 0 aromatic rings. The molecule has 0 bridgehead atoms. The SMILES string of the molecule is CN(CCCNC1CC1)CC1CCN(C)C1. The zero-order valence-corrected chi connectivity index (χ0v) is 10.9. The Kier molecular flexibility index (Phi) is 4.62. The third-order valence-corrected chi connectivity index (χ3v) is 3.79. The average molecular weight is 225 g/mol. The second-order valence-corrected chi connectivity index (χ2v) is 5.76. The summed E-state index contributed by atoms with van der Waals surface area (Å²) in [4.78, 5) is 4.96. The van der Waals surface area contributed by atoms with Gasteiger partial charge in [-0.05, 0) is 65.3 Å². The molecule has 3 nitrogen and oxygen atoms in total. The molecule has 0 radical (unpaired) electrons. The van der Waals surface area contributed by atoms with Gasteiger partial charge >= 0.3 is 0 Å². The van der Waals surface area contributed by atoms with Crippen molar-refractivity contribution < 1.29 is 0 Å². The third-order valence-electron chi connectivity index (χ3n) is 3.79. The largest absolute Gasteiger partial charge is 0.314 e. The molecule has 2 rings (SSSR count). The summed E-state index contributed by atoms with van der Waals surface area (Å²) in [6, 6.07) is 0.869. The zero-order chi connectivity index (χ0) is 11.4. The molecule has 1 saturated heterocycles. The first kappa shape index (κ1) is 12.3. The Bertz CT molecular complexity index is 203. The Morgan fingerprint density at radius 3 is 2.75 bits per heavy atom. The maximum atomic E-state index is 3.58. The summed E-state index contributed by atoms with van der Waals surface area (Å²) in [5.41, 5.74) is 0. The number of likely N-dealkylation sites (tertiary alicyclic amines) is 1. The minimum absolute atomic E-state index is 0.869. The highest BCUT2D eigenvalue weighted by Gasteiger charge is 2.21. The van der Waals surface area contributed by atoms with Gasteiger partial charge in [-0.1, -0.05) is 0 Å². The first-order chi connectivity index (χ1) is 7.74. The maximum Gasteiger partial charge on any atom is 0.00682 e. The van der Waals surface area contributed by atoms with Crippen LogP contribution in [0, 0.1) is 5.92 Å². The van der Waals surface area contributed by atoms with Crippen LogP contribution in [0.1, 0.15) is 25.7 Å². The Morgan fingerprint density at radius 2 is 2.12 bits per heavy atom. The predicted molar refractivity (Wildman–Crippen MR) is 68.7 cm³/mol. The van der Waals surface area contributed by atoms with Crippen molar-refractivity contribution in [1.29, 1.82) is 0 Å². The fourth-order valence-electron chi connectivity index (χ4n) is 2.65. The molecule has 0 aromatic heterocycles. The van der Waals surface area contributed by atoms with E-state index in [-0.39, 0.29) is 0 Å². The highest BCUT2D eigenvalue weighted by Crippen LogP contribution is 2.18. The molecule has 1 unspecified atom stereocenters. The lowest BCUT2D eigenvalue weighted by Crippen LogP contribution is -2.30. The van der Waals surface area contributed by atoms with Gasteiger partial charge in [-0.15, -0.1) is 0 Å². The summed E-state index contributed by atoms with van der Waals surface area (Å²) in [6.07, 6.45) is 5.51. The van der Waals surface area contributed by atoms with E-state index in [0.717, 1.165) is 12.0 Å². The predicted octanol–water partition coefficient (Wildman–Crippen LogP) is 1.01. The Balaban J connectivity index is 1.48. The van der Waals surface area contributed by atoms with Crippen LogP contribution in [-0.4, -0.2) is 62.7 Å². The number of nitrogens with zero attached hydrogens (tertiary/aromatic N) is 2. The first-order valence-electron chi connectivity index (χ1n) is 6.84. The standard InChI is InChI=1S/C13H27N3/c1-15(8-3-7-14-13-4-5-13)10-12-6-9-16(2)11-12/h12-14H,3-11H2,1-2H3. The Morgan fingerprint density at radius 1 is 1.31 bits per heavy atom. The van der Waals surface area contributed by atoms with E-state index in [2.05, 4.69) is 29.2 Å². The minimum atomic E-state index is 0.869. The van der Waals surface area contributed by atoms with E-state index >= 15 is 0 Å². The van der Waals surface area contributed by atoms with Crippen LogP contribution in [0.3, 0.4) is 0 Å². The van der Waals surface area contributed by atoms with Gasteiger partial charge in [-0.25, -0.2) is 0 Å². The van der Waals surface area contributed by atoms with Gasteiger partial charge in [0.05, 0.1) is 0 Å². The van der Waals surface area contributed by atoms with Crippen molar-refractivity contribution in [2.24, 2.45) is 5.92 Å². The molecule has 1 saturated carbocycles. The molecule has 2 fully saturated rings. The second kappa shape index (κ2) is 5.99. The van der Waals surface area contributed by atoms with E-state index in [0.29, 0.717) is 0 Å². The van der Waals surface area contributed by atoms with E-state index in [1.165, 1.54) is 58.4 Å². The number of nitrogens with one attached hydrogen (secondary N) is 1. The van der Waals surface area contributed by atoms with E-state index < -0.39 is 0 Å². The molecule has 3 heteroatoms. The fourth-order valence-corrected chi connectivity index (χ4v) is 2.65. The summed E-state index contributed by atoms with van der Waals surface area (Å²) in [5.74, 6) is 0.909. The van der Waals surface area contributed by atoms with Crippen LogP contribution in [-0.2, 0) is 0 Å². The van der Waals surface area contributed by atoms with Crippen LogP contribution >= 0.6 is 0 Å². The smallest absolute Gasteiger partial charge is 0.00682 e. The lowest BCUT2D eigenvalue weighted by Gasteiger charge is -2.20. The van der Waals surface area contributed by atoms with Gasteiger partial charge in [-0.3, -0.25) is 0 Å². The van der Waals surface area contributed by atoms with Crippen LogP contribution in [0.25, 0.3) is 0 Å². The fraction of sp³-hybridized carbons (Fsp3) is 1.00. The monoisotopic (exact) mass is 225 g/mol. The summed E-state index contributed by atoms with van der Waals surface area (Å²) in [5, 5.41) is 3.58. The number of hydrogen-bond donors (Lipinski definition) is 1. The lowest BCUT2D eigenvalue weighted by atomic mass is 10.1. The van der Waals surface area contributed by atoms with E-state index in [1.807, 2.05) is 0 Å². The highest BCUT2D eigenvalue weighted by molar-refractivity contribution is 4.80. The van der Waals surface area contributed by atoms with E-state index in [9.17, 15) is 0 Å². The van der Waals surface area contributed by atoms with Crippen LogP contribution in [0.15, 0.2) is 0 Å². The zero-order valence-electron chi connectivity index (χ0n) is 10.9. The van der Waals surface area contributed by atoms with Gasteiger partial charge in [0.1, 0.15) is 0 Å². The molecule has 1 atom stereocenters. The van der Waals surface area contributed by atoms with Crippen LogP contribution in [0.5, 0.6) is 0 Å². The minimum Gasteiger partial charge on any atom is -0.314 e. The third kappa shape index (κ3) is 4.40. The van der Waals surface area contributed by atoms with Gasteiger partial charge in [0, 0.05) is 19.1 Å². The van der Waals surface area contributed by atoms with Crippen molar-refractivity contribution in [3.8, 4) is 0 Å². The van der Waals surface area contributed by atoms with Crippen LogP contribution in [0.2, 0.25) is 0 Å². The summed E-state index contributed by atoms with van der Waals surface area (Å²) < 4.78 is 0. The molecule has 1 heterocycles. The molecular formula is C13H27N3. The lowest BCUT2D eigenvalue weighted by molar-refractivity contribution is 0.270. The Labute approximate surface area is 100 Å². The normalized spacial score (nSPS) is 26.8. The molecule has 1 aliphatic carbocycles. The van der Waals surface area contributed by atoms with Crippen molar-refractivity contribution in [2.75, 3.05) is 46.8 Å². The molecule has 0 aromatic carbocycles. The first-order valence-corrected chi connectivity index (χ1v) is 6.84. The topological polar surface area (TPSA) is 18.5 Å². The number of rotatable bonds is 7. The van der Waals surface area contributed by atoms with Crippen molar-refractivity contribution in [3.63, 3.8) is 0 Å². The van der Waals surface area contributed by atoms with Crippen molar-refractivity contribution in [2.45, 2.75) is 31.7 Å². The highest BCUT2D eigenvalue weighted by atomic mass is 15.1. The average Bonchev–Trinajstić information content (AvgIpc) is 2.98. The van der Waals surface area contributed by atoms with E-state index in [4.69, 9.17) is 0 Å². The number of hydrogen-bond acceptors (Lipinski definition) is 3. The summed E-state index contributed by atoms with van der Waals surface area (Å²) >= 11 is 0. The molecule has 1 N–H and O–H groups in total. The Hall–Kier alpha value is -0.120. The second-order valence-electron chi connectivity index (χ2n) is 5.76. The van der Waals surface area contributed by atoms with Crippen LogP contribution < -0.4 is 5.32 Å². The van der Waals surface area contributed by atoms with Gasteiger partial charge in [-0.2, -0.15) is 0 Å². The van der Waals surface area contributed by atoms with Crippen molar-refractivity contribution in [1.82, 2.24) is 15.1 Å². The maximum absolute atomic E-state index is 3.58. The van der Waals surface area contributed by atoms with Gasteiger partial charge in [0.2, 0.25) is 0 Å². The van der Waals surface area contributed by atoms with Gasteiger partial charge in [0.25, 0.3) is 0 Å². The van der Waals surface area contributed by atoms with Crippen molar-refractivity contribution in [3.05, 3.63) is 0 Å². The molecule has 1 aliphatic heterocycles. The molecule has 0 amide bonds. The molecule has 2 aliphatic rings. The molecule has 94 valence electrons. The molecule has 16 heavy (non-hydrogen) atoms. The van der Waals surface area contributed by atoms with Gasteiger partial charge < -0.3 is 15.1 Å². The molecule has 0 spiro atoms. The van der Waals surface area contributed by atoms with Crippen LogP contribution in [0.4, 0.5) is 0 Å². The molecular weight excluding hydrogens is 198 g/mol. The quantitative estimate of drug-likeness (QED) is 0.653. The van der Waals surface area contributed by atoms with E-state index in [1.54, 1.807) is 0 Å². The summed E-state index contributed by atoms with van der Waals surface area (Å²) in [6.45, 7) is 6.33. The van der Waals surface area contributed by atoms with Crippen molar-refractivity contribution >= 4 is 0 Å². The van der Waals surface area contributed by atoms with Gasteiger partial charge in [0.15, 0.2) is 0 Å². The summed E-state index contributed by atoms with van der Waals surface area (Å²) in [7, 11) is 4.51.